The monoisotopic (exact) mass is 184 g/mol. The molecule has 0 aromatic rings. The Bertz CT molecular complexity index is 139. The van der Waals surface area contributed by atoms with E-state index in [2.05, 4.69) is 15.9 Å². The van der Waals surface area contributed by atoms with Gasteiger partial charge in [-0.25, -0.2) is 8.42 Å². The van der Waals surface area contributed by atoms with Gasteiger partial charge >= 0.3 is 0 Å². The lowest BCUT2D eigenvalue weighted by Crippen LogP contribution is -1.95. The summed E-state index contributed by atoms with van der Waals surface area (Å²) < 4.78 is 19.7. The zero-order valence-corrected chi connectivity index (χ0v) is 6.04. The van der Waals surface area contributed by atoms with E-state index in [1.165, 1.54) is 0 Å². The first-order valence-electron chi connectivity index (χ1n) is 1.98. The minimum atomic E-state index is -2.21. The summed E-state index contributed by atoms with van der Waals surface area (Å²) in [5.41, 5.74) is 0. The van der Waals surface area contributed by atoms with Crippen molar-refractivity contribution in [3.63, 3.8) is 0 Å². The highest BCUT2D eigenvalue weighted by molar-refractivity contribution is 9.11. The van der Waals surface area contributed by atoms with Gasteiger partial charge in [-0.3, -0.25) is 0 Å². The second kappa shape index (κ2) is 1.45. The molecule has 0 N–H and O–H groups in total. The summed E-state index contributed by atoms with van der Waals surface area (Å²) in [6.07, 6.45) is 1.57. The number of hydrogen-bond donors (Lipinski definition) is 1. The van der Waals surface area contributed by atoms with E-state index >= 15 is 0 Å². The van der Waals surface area contributed by atoms with E-state index in [0.29, 0.717) is 0 Å². The maximum Gasteiger partial charge on any atom is 0.155 e. The molecule has 0 saturated heterocycles. The van der Waals surface area contributed by atoms with Gasteiger partial charge in [0, 0.05) is 0 Å². The Morgan fingerprint density at radius 2 is 1.86 bits per heavy atom. The second-order valence-corrected chi connectivity index (χ2v) is 5.18. The first kappa shape index (κ1) is 5.56. The molecule has 0 spiro atoms. The lowest BCUT2D eigenvalue weighted by molar-refractivity contribution is 0.612. The highest BCUT2D eigenvalue weighted by Gasteiger charge is 2.43. The number of halogens is 1. The molecule has 7 heavy (non-hydrogen) atoms. The summed E-state index contributed by atoms with van der Waals surface area (Å²) in [4.78, 5) is 0. The first-order chi connectivity index (χ1) is 3.15. The Morgan fingerprint density at radius 1 is 1.43 bits per heavy atom. The Balaban J connectivity index is 2.73. The van der Waals surface area contributed by atoms with Gasteiger partial charge in [0.05, 0.1) is 0 Å². The van der Waals surface area contributed by atoms with Gasteiger partial charge in [-0.05, 0) is 12.8 Å². The topological polar surface area (TPSA) is 34.1 Å². The summed E-state index contributed by atoms with van der Waals surface area (Å²) in [7, 11) is -2.21. The zero-order valence-electron chi connectivity index (χ0n) is 3.56. The highest BCUT2D eigenvalue weighted by Crippen LogP contribution is 2.44. The molecule has 0 aromatic heterocycles. The quantitative estimate of drug-likeness (QED) is 0.476. The van der Waals surface area contributed by atoms with Crippen LogP contribution in [0.15, 0.2) is 0 Å². The SMILES string of the molecule is O=[SH](=O)C1(Br)CC1. The van der Waals surface area contributed by atoms with Crippen molar-refractivity contribution in [2.45, 2.75) is 16.5 Å². The maximum absolute atomic E-state index is 10.1. The molecular formula is C3H5BrO2S. The van der Waals surface area contributed by atoms with Crippen molar-refractivity contribution in [3.05, 3.63) is 0 Å². The molecule has 0 bridgehead atoms. The van der Waals surface area contributed by atoms with Crippen LogP contribution in [0.4, 0.5) is 0 Å². The number of rotatable bonds is 1. The predicted molar refractivity (Wildman–Crippen MR) is 31.2 cm³/mol. The fraction of sp³-hybridized carbons (Fsp3) is 1.00. The van der Waals surface area contributed by atoms with Crippen LogP contribution in [-0.4, -0.2) is 12.1 Å². The molecule has 4 heteroatoms. The Labute approximate surface area is 52.0 Å². The minimum absolute atomic E-state index is 0.484. The molecule has 1 fully saturated rings. The third-order valence-electron chi connectivity index (χ3n) is 0.990. The predicted octanol–water partition coefficient (Wildman–Crippen LogP) is 0.483. The van der Waals surface area contributed by atoms with Crippen molar-refractivity contribution >= 4 is 26.6 Å². The van der Waals surface area contributed by atoms with E-state index in [4.69, 9.17) is 0 Å². The molecule has 0 heterocycles. The van der Waals surface area contributed by atoms with Gasteiger partial charge in [-0.2, -0.15) is 0 Å². The van der Waals surface area contributed by atoms with Crippen LogP contribution in [0.1, 0.15) is 12.8 Å². The van der Waals surface area contributed by atoms with Crippen molar-refractivity contribution in [2.75, 3.05) is 0 Å². The van der Waals surface area contributed by atoms with Crippen LogP contribution in [0, 0.1) is 0 Å². The van der Waals surface area contributed by atoms with E-state index in [0.717, 1.165) is 12.8 Å². The molecule has 42 valence electrons. The van der Waals surface area contributed by atoms with Gasteiger partial charge in [-0.15, -0.1) is 0 Å². The normalized spacial score (nSPS) is 25.4. The second-order valence-electron chi connectivity index (χ2n) is 1.68. The van der Waals surface area contributed by atoms with Crippen molar-refractivity contribution < 1.29 is 8.42 Å². The molecule has 0 radical (unpaired) electrons. The molecule has 0 atom stereocenters. The van der Waals surface area contributed by atoms with Crippen LogP contribution >= 0.6 is 15.9 Å². The van der Waals surface area contributed by atoms with Crippen molar-refractivity contribution in [1.82, 2.24) is 0 Å². The number of hydrogen-bond acceptors (Lipinski definition) is 2. The van der Waals surface area contributed by atoms with Gasteiger partial charge in [0.15, 0.2) is 10.7 Å². The molecule has 2 nitrogen and oxygen atoms in total. The molecule has 1 saturated carbocycles. The smallest absolute Gasteiger partial charge is 0.155 e. The van der Waals surface area contributed by atoms with E-state index in [1.807, 2.05) is 0 Å². The maximum atomic E-state index is 10.1. The molecule has 1 aliphatic rings. The van der Waals surface area contributed by atoms with E-state index in [9.17, 15) is 8.42 Å². The van der Waals surface area contributed by atoms with Crippen LogP contribution in [0.5, 0.6) is 0 Å². The molecular weight excluding hydrogens is 180 g/mol. The van der Waals surface area contributed by atoms with Crippen LogP contribution in [0.3, 0.4) is 0 Å². The molecule has 0 aromatic carbocycles. The lowest BCUT2D eigenvalue weighted by Gasteiger charge is -1.86. The van der Waals surface area contributed by atoms with Crippen LogP contribution < -0.4 is 0 Å². The van der Waals surface area contributed by atoms with Gasteiger partial charge in [0.25, 0.3) is 0 Å². The average Bonchev–Trinajstić information content (AvgIpc) is 2.21. The Kier molecular flexibility index (Phi) is 1.15. The average molecular weight is 185 g/mol. The fourth-order valence-corrected chi connectivity index (χ4v) is 0.961. The Morgan fingerprint density at radius 3 is 1.86 bits per heavy atom. The summed E-state index contributed by atoms with van der Waals surface area (Å²) in [6, 6.07) is 0. The molecule has 0 aliphatic heterocycles. The van der Waals surface area contributed by atoms with Crippen molar-refractivity contribution in [2.24, 2.45) is 0 Å². The summed E-state index contributed by atoms with van der Waals surface area (Å²) in [5.74, 6) is 0. The molecule has 1 rings (SSSR count). The largest absolute Gasteiger partial charge is 0.230 e. The van der Waals surface area contributed by atoms with Crippen LogP contribution in [-0.2, 0) is 10.7 Å². The summed E-state index contributed by atoms with van der Waals surface area (Å²) in [6.45, 7) is 0. The van der Waals surface area contributed by atoms with E-state index in [-0.39, 0.29) is 0 Å². The number of thiol groups is 1. The van der Waals surface area contributed by atoms with Gasteiger partial charge in [0.1, 0.15) is 3.66 Å². The summed E-state index contributed by atoms with van der Waals surface area (Å²) >= 11 is 3.06. The zero-order chi connectivity index (χ0) is 5.49. The summed E-state index contributed by atoms with van der Waals surface area (Å²) in [5, 5.41) is 0. The highest BCUT2D eigenvalue weighted by atomic mass is 79.9. The lowest BCUT2D eigenvalue weighted by atomic mass is 11.0. The van der Waals surface area contributed by atoms with Crippen LogP contribution in [0.25, 0.3) is 0 Å². The van der Waals surface area contributed by atoms with E-state index in [1.54, 1.807) is 0 Å². The fourth-order valence-electron chi connectivity index (χ4n) is 0.286. The van der Waals surface area contributed by atoms with Crippen LogP contribution in [0.2, 0.25) is 0 Å². The standard InChI is InChI=1S/C3H5BrO2S/c4-3(1-2-3)7(5)6/h7H,1-2H2. The molecule has 0 amide bonds. The minimum Gasteiger partial charge on any atom is -0.230 e. The Hall–Kier alpha value is 0.430. The molecule has 1 aliphatic carbocycles. The van der Waals surface area contributed by atoms with Gasteiger partial charge < -0.3 is 0 Å². The van der Waals surface area contributed by atoms with Crippen molar-refractivity contribution in [3.8, 4) is 0 Å². The molecule has 0 unspecified atom stereocenters. The van der Waals surface area contributed by atoms with Gasteiger partial charge in [0.2, 0.25) is 0 Å². The van der Waals surface area contributed by atoms with E-state index < -0.39 is 14.4 Å². The number of alkyl halides is 1. The first-order valence-corrected chi connectivity index (χ1v) is 3.96. The third kappa shape index (κ3) is 0.966. The third-order valence-corrected chi connectivity index (χ3v) is 3.75. The van der Waals surface area contributed by atoms with Gasteiger partial charge in [-0.1, -0.05) is 15.9 Å². The van der Waals surface area contributed by atoms with Crippen molar-refractivity contribution in [1.29, 1.82) is 0 Å².